The van der Waals surface area contributed by atoms with E-state index in [-0.39, 0.29) is 18.2 Å². The van der Waals surface area contributed by atoms with Crippen LogP contribution in [-0.4, -0.2) is 28.7 Å². The molecule has 0 aromatic heterocycles. The fraction of sp³-hybridized carbons (Fsp3) is 0.524. The summed E-state index contributed by atoms with van der Waals surface area (Å²) in [6, 6.07) is 8.52. The van der Waals surface area contributed by atoms with Crippen molar-refractivity contribution in [2.45, 2.75) is 71.1 Å². The minimum atomic E-state index is -0.473. The Kier molecular flexibility index (Phi) is 4.60. The van der Waals surface area contributed by atoms with Crippen molar-refractivity contribution in [2.24, 2.45) is 0 Å². The van der Waals surface area contributed by atoms with Gasteiger partial charge >= 0.3 is 6.09 Å². The molecule has 0 radical (unpaired) electrons. The van der Waals surface area contributed by atoms with Crippen LogP contribution in [0.2, 0.25) is 0 Å². The number of nitrogens with zero attached hydrogens (tertiary/aromatic N) is 2. The van der Waals surface area contributed by atoms with Gasteiger partial charge in [0.1, 0.15) is 5.60 Å². The lowest BCUT2D eigenvalue weighted by Gasteiger charge is -2.45. The Labute approximate surface area is 150 Å². The molecule has 3 rings (SSSR count). The zero-order valence-corrected chi connectivity index (χ0v) is 15.5. The highest BCUT2D eigenvalue weighted by molar-refractivity contribution is 5.75. The highest BCUT2D eigenvalue weighted by atomic mass is 16.6. The molecule has 4 nitrogen and oxygen atoms in total. The summed E-state index contributed by atoms with van der Waals surface area (Å²) in [5.41, 5.74) is 3.69. The van der Waals surface area contributed by atoms with Crippen molar-refractivity contribution in [1.82, 2.24) is 4.90 Å². The highest BCUT2D eigenvalue weighted by Gasteiger charge is 2.39. The predicted molar refractivity (Wildman–Crippen MR) is 98.0 cm³/mol. The number of fused-ring (bicyclic) bond motifs is 2. The molecule has 2 bridgehead atoms. The number of piperidine rings is 1. The van der Waals surface area contributed by atoms with E-state index in [4.69, 9.17) is 10.00 Å². The van der Waals surface area contributed by atoms with Gasteiger partial charge < -0.3 is 4.74 Å². The van der Waals surface area contributed by atoms with Crippen LogP contribution in [0, 0.1) is 18.3 Å². The molecule has 2 aliphatic heterocycles. The molecule has 2 heterocycles. The third-order valence-electron chi connectivity index (χ3n) is 4.96. The second kappa shape index (κ2) is 6.55. The molecule has 0 spiro atoms. The minimum Gasteiger partial charge on any atom is -0.444 e. The third kappa shape index (κ3) is 3.71. The van der Waals surface area contributed by atoms with Gasteiger partial charge in [0, 0.05) is 6.04 Å². The lowest BCUT2D eigenvalue weighted by atomic mass is 9.82. The van der Waals surface area contributed by atoms with E-state index in [9.17, 15) is 4.79 Å². The van der Waals surface area contributed by atoms with Crippen LogP contribution >= 0.6 is 0 Å². The van der Waals surface area contributed by atoms with E-state index >= 15 is 0 Å². The lowest BCUT2D eigenvalue weighted by Crippen LogP contribution is -2.53. The molecule has 0 saturated carbocycles. The molecule has 1 fully saturated rings. The first-order valence-corrected chi connectivity index (χ1v) is 9.01. The van der Waals surface area contributed by atoms with Gasteiger partial charge in [-0.25, -0.2) is 4.79 Å². The van der Waals surface area contributed by atoms with Gasteiger partial charge in [0.05, 0.1) is 17.7 Å². The Morgan fingerprint density at radius 3 is 2.68 bits per heavy atom. The summed E-state index contributed by atoms with van der Waals surface area (Å²) in [5, 5.41) is 9.12. The molecule has 25 heavy (non-hydrogen) atoms. The molecule has 132 valence electrons. The molecule has 0 aliphatic carbocycles. The van der Waals surface area contributed by atoms with E-state index in [1.54, 1.807) is 0 Å². The molecular weight excluding hydrogens is 312 g/mol. The topological polar surface area (TPSA) is 53.3 Å². The van der Waals surface area contributed by atoms with Crippen molar-refractivity contribution in [2.75, 3.05) is 0 Å². The number of hydrogen-bond acceptors (Lipinski definition) is 3. The van der Waals surface area contributed by atoms with Crippen LogP contribution in [0.25, 0.3) is 5.57 Å². The Bertz CT molecular complexity index is 752. The number of benzene rings is 1. The predicted octanol–water partition coefficient (Wildman–Crippen LogP) is 4.81. The monoisotopic (exact) mass is 338 g/mol. The zero-order chi connectivity index (χ0) is 18.2. The standard InChI is InChI=1S/C21H26N2O2/c1-14-10-15(8-9-16(14)13-22)17-11-18-6-5-7-19(12-17)23(18)20(24)25-21(2,3)4/h8-11,18-19H,5-7,12H2,1-4H3. The van der Waals surface area contributed by atoms with Crippen molar-refractivity contribution < 1.29 is 9.53 Å². The molecule has 1 aromatic carbocycles. The Morgan fingerprint density at radius 2 is 2.08 bits per heavy atom. The SMILES string of the molecule is Cc1cc(C2=CC3CCCC(C2)N3C(=O)OC(C)(C)C)ccc1C#N. The molecule has 2 atom stereocenters. The van der Waals surface area contributed by atoms with Crippen molar-refractivity contribution >= 4 is 11.7 Å². The van der Waals surface area contributed by atoms with E-state index in [0.29, 0.717) is 0 Å². The van der Waals surface area contributed by atoms with Crippen LogP contribution in [0.1, 0.15) is 63.1 Å². The molecular formula is C21H26N2O2. The van der Waals surface area contributed by atoms with E-state index in [0.717, 1.165) is 42.4 Å². The number of aryl methyl sites for hydroxylation is 1. The van der Waals surface area contributed by atoms with Gasteiger partial charge in [0.2, 0.25) is 0 Å². The second-order valence-electron chi connectivity index (χ2n) is 8.08. The molecule has 2 aliphatic rings. The van der Waals surface area contributed by atoms with Gasteiger partial charge in [-0.1, -0.05) is 18.2 Å². The molecule has 1 aromatic rings. The Morgan fingerprint density at radius 1 is 1.32 bits per heavy atom. The number of hydrogen-bond donors (Lipinski definition) is 0. The first kappa shape index (κ1) is 17.5. The maximum atomic E-state index is 12.6. The van der Waals surface area contributed by atoms with Gasteiger partial charge in [-0.3, -0.25) is 4.90 Å². The average molecular weight is 338 g/mol. The van der Waals surface area contributed by atoms with E-state index < -0.39 is 5.60 Å². The lowest BCUT2D eigenvalue weighted by molar-refractivity contribution is 0.0000848. The largest absolute Gasteiger partial charge is 0.444 e. The first-order valence-electron chi connectivity index (χ1n) is 9.01. The Hall–Kier alpha value is -2.28. The van der Waals surface area contributed by atoms with E-state index in [1.807, 2.05) is 44.7 Å². The molecule has 0 N–H and O–H groups in total. The smallest absolute Gasteiger partial charge is 0.411 e. The molecule has 2 unspecified atom stereocenters. The number of carbonyl (C=O) groups excluding carboxylic acids is 1. The molecule has 1 saturated heterocycles. The minimum absolute atomic E-state index is 0.105. The van der Waals surface area contributed by atoms with Crippen LogP contribution in [0.15, 0.2) is 24.3 Å². The quantitative estimate of drug-likeness (QED) is 0.738. The maximum absolute atomic E-state index is 12.6. The van der Waals surface area contributed by atoms with Crippen LogP contribution in [0.5, 0.6) is 0 Å². The fourth-order valence-electron chi connectivity index (χ4n) is 3.83. The second-order valence-corrected chi connectivity index (χ2v) is 8.08. The van der Waals surface area contributed by atoms with Crippen LogP contribution in [0.4, 0.5) is 4.79 Å². The summed E-state index contributed by atoms with van der Waals surface area (Å²) in [7, 11) is 0. The van der Waals surface area contributed by atoms with Gasteiger partial charge in [-0.15, -0.1) is 0 Å². The van der Waals surface area contributed by atoms with E-state index in [1.165, 1.54) is 5.57 Å². The number of rotatable bonds is 1. The summed E-state index contributed by atoms with van der Waals surface area (Å²) in [5.74, 6) is 0. The summed E-state index contributed by atoms with van der Waals surface area (Å²) >= 11 is 0. The number of nitriles is 1. The van der Waals surface area contributed by atoms with Crippen LogP contribution in [0.3, 0.4) is 0 Å². The fourth-order valence-corrected chi connectivity index (χ4v) is 3.83. The number of ether oxygens (including phenoxy) is 1. The average Bonchev–Trinajstić information content (AvgIpc) is 2.51. The summed E-state index contributed by atoms with van der Waals surface area (Å²) in [6.45, 7) is 7.70. The normalized spacial score (nSPS) is 22.8. The van der Waals surface area contributed by atoms with Gasteiger partial charge in [0.15, 0.2) is 0 Å². The molecule has 1 amide bonds. The van der Waals surface area contributed by atoms with Crippen molar-refractivity contribution in [1.29, 1.82) is 5.26 Å². The highest BCUT2D eigenvalue weighted by Crippen LogP contribution is 2.38. The summed E-state index contributed by atoms with van der Waals surface area (Å²) in [4.78, 5) is 14.6. The first-order chi connectivity index (χ1) is 11.8. The zero-order valence-electron chi connectivity index (χ0n) is 15.5. The van der Waals surface area contributed by atoms with Crippen molar-refractivity contribution in [3.8, 4) is 6.07 Å². The maximum Gasteiger partial charge on any atom is 0.411 e. The third-order valence-corrected chi connectivity index (χ3v) is 4.96. The van der Waals surface area contributed by atoms with Crippen molar-refractivity contribution in [3.05, 3.63) is 41.0 Å². The van der Waals surface area contributed by atoms with Gasteiger partial charge in [-0.05, 0) is 76.1 Å². The van der Waals surface area contributed by atoms with Gasteiger partial charge in [-0.2, -0.15) is 5.26 Å². The summed E-state index contributed by atoms with van der Waals surface area (Å²) < 4.78 is 5.63. The number of amides is 1. The molecule has 4 heteroatoms. The van der Waals surface area contributed by atoms with Gasteiger partial charge in [0.25, 0.3) is 0 Å². The number of carbonyl (C=O) groups is 1. The van der Waals surface area contributed by atoms with E-state index in [2.05, 4.69) is 18.2 Å². The Balaban J connectivity index is 1.88. The van der Waals surface area contributed by atoms with Crippen LogP contribution in [-0.2, 0) is 4.74 Å². The van der Waals surface area contributed by atoms with Crippen molar-refractivity contribution in [3.63, 3.8) is 0 Å². The van der Waals surface area contributed by atoms with Crippen LogP contribution < -0.4 is 0 Å². The summed E-state index contributed by atoms with van der Waals surface area (Å²) in [6.07, 6.45) is 6.01.